The topological polar surface area (TPSA) is 110 Å². The second kappa shape index (κ2) is 5.29. The first kappa shape index (κ1) is 13.4. The Hall–Kier alpha value is -2.06. The molecule has 0 amide bonds. The molecule has 0 radical (unpaired) electrons. The second-order valence-corrected chi connectivity index (χ2v) is 5.46. The van der Waals surface area contributed by atoms with E-state index in [9.17, 15) is 8.42 Å². The lowest BCUT2D eigenvalue weighted by Crippen LogP contribution is -2.13. The molecule has 0 aliphatic carbocycles. The van der Waals surface area contributed by atoms with Crippen LogP contribution in [0.4, 0.5) is 5.69 Å². The van der Waals surface area contributed by atoms with Gasteiger partial charge in [-0.1, -0.05) is 6.07 Å². The maximum Gasteiger partial charge on any atom is 0.265 e. The number of methoxy groups -OCH3 is 1. The van der Waals surface area contributed by atoms with Gasteiger partial charge in [-0.3, -0.25) is 9.82 Å². The van der Waals surface area contributed by atoms with Crippen molar-refractivity contribution >= 4 is 15.7 Å². The van der Waals surface area contributed by atoms with Crippen LogP contribution < -0.4 is 15.2 Å². The highest BCUT2D eigenvalue weighted by Crippen LogP contribution is 2.27. The molecule has 8 heteroatoms. The van der Waals surface area contributed by atoms with Crippen LogP contribution >= 0.6 is 0 Å². The molecule has 4 N–H and O–H groups in total. The van der Waals surface area contributed by atoms with Crippen LogP contribution in [0.5, 0.6) is 5.75 Å². The van der Waals surface area contributed by atoms with E-state index in [2.05, 4.69) is 14.9 Å². The van der Waals surface area contributed by atoms with E-state index >= 15 is 0 Å². The molecule has 2 aromatic rings. The molecule has 0 saturated heterocycles. The molecule has 0 spiro atoms. The minimum Gasteiger partial charge on any atom is -0.495 e. The SMILES string of the molecule is COc1cc(CN)ccc1NS(=O)(=O)c1cn[nH]c1. The van der Waals surface area contributed by atoms with Crippen LogP contribution in [0.25, 0.3) is 0 Å². The summed E-state index contributed by atoms with van der Waals surface area (Å²) < 4.78 is 31.7. The Bertz CT molecular complexity index is 653. The van der Waals surface area contributed by atoms with Gasteiger partial charge in [0.1, 0.15) is 10.6 Å². The summed E-state index contributed by atoms with van der Waals surface area (Å²) in [6.07, 6.45) is 2.52. The van der Waals surface area contributed by atoms with Crippen molar-refractivity contribution in [3.05, 3.63) is 36.2 Å². The highest BCUT2D eigenvalue weighted by atomic mass is 32.2. The highest BCUT2D eigenvalue weighted by molar-refractivity contribution is 7.92. The molecule has 0 fully saturated rings. The summed E-state index contributed by atoms with van der Waals surface area (Å²) in [5.74, 6) is 0.412. The lowest BCUT2D eigenvalue weighted by atomic mass is 10.2. The third-order valence-electron chi connectivity index (χ3n) is 2.53. The van der Waals surface area contributed by atoms with Gasteiger partial charge in [-0.25, -0.2) is 8.42 Å². The molecular weight excluding hydrogens is 268 g/mol. The Labute approximate surface area is 110 Å². The van der Waals surface area contributed by atoms with Gasteiger partial charge in [0, 0.05) is 12.7 Å². The lowest BCUT2D eigenvalue weighted by molar-refractivity contribution is 0.416. The van der Waals surface area contributed by atoms with Crippen molar-refractivity contribution in [3.63, 3.8) is 0 Å². The quantitative estimate of drug-likeness (QED) is 0.747. The monoisotopic (exact) mass is 282 g/mol. The van der Waals surface area contributed by atoms with Gasteiger partial charge in [0.15, 0.2) is 0 Å². The summed E-state index contributed by atoms with van der Waals surface area (Å²) in [5, 5.41) is 6.06. The number of nitrogens with one attached hydrogen (secondary N) is 2. The molecular formula is C11H14N4O3S. The average Bonchev–Trinajstić information content (AvgIpc) is 2.93. The molecule has 0 saturated carbocycles. The third-order valence-corrected chi connectivity index (χ3v) is 3.86. The molecule has 0 unspecified atom stereocenters. The Morgan fingerprint density at radius 3 is 2.84 bits per heavy atom. The summed E-state index contributed by atoms with van der Waals surface area (Å²) in [6.45, 7) is 0.352. The molecule has 1 aromatic heterocycles. The number of nitrogens with zero attached hydrogens (tertiary/aromatic N) is 1. The summed E-state index contributed by atoms with van der Waals surface area (Å²) in [4.78, 5) is 0.0532. The third kappa shape index (κ3) is 2.85. The van der Waals surface area contributed by atoms with E-state index in [1.165, 1.54) is 19.5 Å². The largest absolute Gasteiger partial charge is 0.495 e. The van der Waals surface area contributed by atoms with Crippen LogP contribution in [-0.4, -0.2) is 25.7 Å². The summed E-state index contributed by atoms with van der Waals surface area (Å²) in [7, 11) is -2.21. The standard InChI is InChI=1S/C11H14N4O3S/c1-18-11-4-8(5-12)2-3-10(11)15-19(16,17)9-6-13-14-7-9/h2-4,6-7,15H,5,12H2,1H3,(H,13,14). The number of nitrogens with two attached hydrogens (primary N) is 1. The van der Waals surface area contributed by atoms with Crippen LogP contribution in [0.2, 0.25) is 0 Å². The van der Waals surface area contributed by atoms with Crippen molar-refractivity contribution in [1.29, 1.82) is 0 Å². The predicted molar refractivity (Wildman–Crippen MR) is 70.3 cm³/mol. The molecule has 2 rings (SSSR count). The van der Waals surface area contributed by atoms with E-state index < -0.39 is 10.0 Å². The number of hydrogen-bond acceptors (Lipinski definition) is 5. The lowest BCUT2D eigenvalue weighted by Gasteiger charge is -2.12. The Morgan fingerprint density at radius 1 is 1.47 bits per heavy atom. The highest BCUT2D eigenvalue weighted by Gasteiger charge is 2.17. The van der Waals surface area contributed by atoms with E-state index in [-0.39, 0.29) is 4.90 Å². The molecule has 7 nitrogen and oxygen atoms in total. The summed E-state index contributed by atoms with van der Waals surface area (Å²) in [6, 6.07) is 5.03. The van der Waals surface area contributed by atoms with Crippen LogP contribution in [-0.2, 0) is 16.6 Å². The number of anilines is 1. The molecule has 102 valence electrons. The second-order valence-electron chi connectivity index (χ2n) is 3.78. The molecule has 1 aromatic carbocycles. The number of rotatable bonds is 5. The van der Waals surface area contributed by atoms with Crippen molar-refractivity contribution < 1.29 is 13.2 Å². The Balaban J connectivity index is 2.34. The maximum atomic E-state index is 12.0. The van der Waals surface area contributed by atoms with Crippen molar-refractivity contribution in [2.45, 2.75) is 11.4 Å². The average molecular weight is 282 g/mol. The normalized spacial score (nSPS) is 11.3. The zero-order valence-corrected chi connectivity index (χ0v) is 11.1. The molecule has 19 heavy (non-hydrogen) atoms. The summed E-state index contributed by atoms with van der Waals surface area (Å²) >= 11 is 0. The van der Waals surface area contributed by atoms with Crippen LogP contribution in [0, 0.1) is 0 Å². The van der Waals surface area contributed by atoms with E-state index in [1.807, 2.05) is 0 Å². The van der Waals surface area contributed by atoms with Gasteiger partial charge in [0.2, 0.25) is 0 Å². The van der Waals surface area contributed by atoms with Gasteiger partial charge in [0.25, 0.3) is 10.0 Å². The minimum absolute atomic E-state index is 0.0532. The number of sulfonamides is 1. The fraction of sp³-hybridized carbons (Fsp3) is 0.182. The van der Waals surface area contributed by atoms with Crippen molar-refractivity contribution in [2.75, 3.05) is 11.8 Å². The van der Waals surface area contributed by atoms with Gasteiger partial charge in [-0.05, 0) is 17.7 Å². The number of H-pyrrole nitrogens is 1. The number of ether oxygens (including phenoxy) is 1. The van der Waals surface area contributed by atoms with E-state index in [0.29, 0.717) is 18.0 Å². The van der Waals surface area contributed by atoms with E-state index in [0.717, 1.165) is 5.56 Å². The Morgan fingerprint density at radius 2 is 2.26 bits per heavy atom. The first-order valence-corrected chi connectivity index (χ1v) is 6.93. The van der Waals surface area contributed by atoms with Crippen LogP contribution in [0.1, 0.15) is 5.56 Å². The first-order valence-electron chi connectivity index (χ1n) is 5.45. The van der Waals surface area contributed by atoms with Gasteiger partial charge in [-0.2, -0.15) is 5.10 Å². The molecule has 0 bridgehead atoms. The van der Waals surface area contributed by atoms with Gasteiger partial charge in [-0.15, -0.1) is 0 Å². The predicted octanol–water partition coefficient (Wildman–Crippen LogP) is 0.678. The molecule has 0 aliphatic rings. The van der Waals surface area contributed by atoms with Crippen molar-refractivity contribution in [3.8, 4) is 5.75 Å². The van der Waals surface area contributed by atoms with Crippen molar-refractivity contribution in [1.82, 2.24) is 10.2 Å². The first-order chi connectivity index (χ1) is 9.06. The molecule has 0 atom stereocenters. The summed E-state index contributed by atoms with van der Waals surface area (Å²) in [5.41, 5.74) is 6.72. The zero-order valence-electron chi connectivity index (χ0n) is 10.3. The number of hydrogen-bond donors (Lipinski definition) is 3. The number of benzene rings is 1. The van der Waals surface area contributed by atoms with Gasteiger partial charge in [0.05, 0.1) is 19.0 Å². The smallest absolute Gasteiger partial charge is 0.265 e. The van der Waals surface area contributed by atoms with Crippen molar-refractivity contribution in [2.24, 2.45) is 5.73 Å². The fourth-order valence-corrected chi connectivity index (χ4v) is 2.51. The van der Waals surface area contributed by atoms with Gasteiger partial charge >= 0.3 is 0 Å². The molecule has 1 heterocycles. The molecule has 0 aliphatic heterocycles. The number of aromatic amines is 1. The van der Waals surface area contributed by atoms with Crippen LogP contribution in [0.15, 0.2) is 35.5 Å². The van der Waals surface area contributed by atoms with E-state index in [1.54, 1.807) is 18.2 Å². The van der Waals surface area contributed by atoms with E-state index in [4.69, 9.17) is 10.5 Å². The maximum absolute atomic E-state index is 12.0. The minimum atomic E-state index is -3.68. The fourth-order valence-electron chi connectivity index (χ4n) is 1.54. The zero-order chi connectivity index (χ0) is 13.9. The number of aromatic nitrogens is 2. The Kier molecular flexibility index (Phi) is 3.72. The van der Waals surface area contributed by atoms with Crippen LogP contribution in [0.3, 0.4) is 0 Å². The van der Waals surface area contributed by atoms with Gasteiger partial charge < -0.3 is 10.5 Å².